The normalized spacial score (nSPS) is 29.3. The molecule has 2 aromatic rings. The Morgan fingerprint density at radius 1 is 1.24 bits per heavy atom. The van der Waals surface area contributed by atoms with Crippen molar-refractivity contribution in [3.05, 3.63) is 12.7 Å². The Kier molecular flexibility index (Phi) is 4.09. The van der Waals surface area contributed by atoms with Crippen LogP contribution in [0.15, 0.2) is 17.7 Å². The van der Waals surface area contributed by atoms with E-state index in [1.54, 1.807) is 10.9 Å². The predicted octanol–water partition coefficient (Wildman–Crippen LogP) is -0.970. The van der Waals surface area contributed by atoms with Crippen LogP contribution in [0.5, 0.6) is 0 Å². The number of hydrogen-bond acceptors (Lipinski definition) is 8. The number of hydrogen-bond donors (Lipinski definition) is 3. The van der Waals surface area contributed by atoms with Gasteiger partial charge in [0.25, 0.3) is 0 Å². The molecule has 4 unspecified atom stereocenters. The molecule has 3 rings (SSSR count). The van der Waals surface area contributed by atoms with Gasteiger partial charge in [-0.1, -0.05) is 0 Å². The average molecular weight is 312 g/mol. The Balaban J connectivity index is 1.86. The van der Waals surface area contributed by atoms with E-state index in [1.807, 2.05) is 6.26 Å². The van der Waals surface area contributed by atoms with Crippen LogP contribution < -0.4 is 0 Å². The molecule has 1 aliphatic heterocycles. The van der Waals surface area contributed by atoms with Crippen LogP contribution in [0, 0.1) is 0 Å². The van der Waals surface area contributed by atoms with Crippen LogP contribution in [0.1, 0.15) is 0 Å². The van der Waals surface area contributed by atoms with Crippen molar-refractivity contribution in [2.45, 2.75) is 36.0 Å². The molecule has 3 heterocycles. The van der Waals surface area contributed by atoms with E-state index in [1.165, 1.54) is 18.1 Å². The van der Waals surface area contributed by atoms with Gasteiger partial charge in [-0.25, -0.2) is 15.0 Å². The third kappa shape index (κ3) is 2.51. The summed E-state index contributed by atoms with van der Waals surface area (Å²) in [6, 6.07) is 0. The predicted molar refractivity (Wildman–Crippen MR) is 74.9 cm³/mol. The molecule has 1 fully saturated rings. The summed E-state index contributed by atoms with van der Waals surface area (Å²) in [6.45, 7) is -0.0474. The molecule has 1 aliphatic rings. The lowest BCUT2D eigenvalue weighted by Gasteiger charge is -2.15. The van der Waals surface area contributed by atoms with E-state index >= 15 is 0 Å². The maximum absolute atomic E-state index is 9.97. The van der Waals surface area contributed by atoms with Gasteiger partial charge in [0.2, 0.25) is 0 Å². The lowest BCUT2D eigenvalue weighted by atomic mass is 10.1. The molecule has 0 bridgehead atoms. The fourth-order valence-electron chi connectivity index (χ4n) is 2.46. The summed E-state index contributed by atoms with van der Waals surface area (Å²) in [5.74, 6) is 0. The van der Waals surface area contributed by atoms with Crippen LogP contribution >= 0.6 is 11.8 Å². The third-order valence-electron chi connectivity index (χ3n) is 3.58. The quantitative estimate of drug-likeness (QED) is 0.488. The van der Waals surface area contributed by atoms with Crippen molar-refractivity contribution in [2.24, 2.45) is 0 Å². The third-order valence-corrected chi connectivity index (χ3v) is 4.26. The monoisotopic (exact) mass is 312 g/mol. The Hall–Kier alpha value is -1.26. The number of fused-ring (bicyclic) bond motifs is 1. The van der Waals surface area contributed by atoms with Gasteiger partial charge < -0.3 is 24.6 Å². The zero-order chi connectivity index (χ0) is 15.0. The standard InChI is InChI=1S/C12H16N4O4S/c1-21-12-8-11(13-4-14-12)16(5-15-8)2-6-9(18)10(19)7(3-17)20-6/h4-7,9-10,17-19H,2-3H2,1H3. The zero-order valence-corrected chi connectivity index (χ0v) is 12.1. The Bertz CT molecular complexity index is 637. The minimum Gasteiger partial charge on any atom is -0.394 e. The summed E-state index contributed by atoms with van der Waals surface area (Å²) < 4.78 is 7.21. The highest BCUT2D eigenvalue weighted by Gasteiger charge is 2.42. The lowest BCUT2D eigenvalue weighted by Crippen LogP contribution is -2.35. The first-order valence-corrected chi connectivity index (χ1v) is 7.70. The second kappa shape index (κ2) is 5.85. The molecule has 114 valence electrons. The van der Waals surface area contributed by atoms with Crippen molar-refractivity contribution in [1.82, 2.24) is 19.5 Å². The van der Waals surface area contributed by atoms with E-state index in [-0.39, 0.29) is 13.2 Å². The van der Waals surface area contributed by atoms with Gasteiger partial charge in [0.1, 0.15) is 41.3 Å². The van der Waals surface area contributed by atoms with Crippen LogP contribution in [0.4, 0.5) is 0 Å². The molecular formula is C12H16N4O4S. The highest BCUT2D eigenvalue weighted by Crippen LogP contribution is 2.25. The molecule has 8 nitrogen and oxygen atoms in total. The maximum atomic E-state index is 9.97. The van der Waals surface area contributed by atoms with Crippen LogP contribution in [0.3, 0.4) is 0 Å². The Morgan fingerprint density at radius 2 is 2.00 bits per heavy atom. The van der Waals surface area contributed by atoms with Crippen molar-refractivity contribution >= 4 is 22.9 Å². The van der Waals surface area contributed by atoms with E-state index in [0.29, 0.717) is 11.2 Å². The van der Waals surface area contributed by atoms with Crippen molar-refractivity contribution < 1.29 is 20.1 Å². The molecular weight excluding hydrogens is 296 g/mol. The lowest BCUT2D eigenvalue weighted by molar-refractivity contribution is -0.0262. The second-order valence-corrected chi connectivity index (χ2v) is 5.62. The number of aromatic nitrogens is 4. The summed E-state index contributed by atoms with van der Waals surface area (Å²) >= 11 is 1.48. The molecule has 0 aromatic carbocycles. The summed E-state index contributed by atoms with van der Waals surface area (Å²) in [6.07, 6.45) is 1.44. The van der Waals surface area contributed by atoms with Gasteiger partial charge in [-0.3, -0.25) is 0 Å². The number of nitrogens with zero attached hydrogens (tertiary/aromatic N) is 4. The topological polar surface area (TPSA) is 114 Å². The van der Waals surface area contributed by atoms with E-state index < -0.39 is 24.4 Å². The summed E-state index contributed by atoms with van der Waals surface area (Å²) in [5.41, 5.74) is 1.34. The van der Waals surface area contributed by atoms with E-state index in [4.69, 9.17) is 9.84 Å². The van der Waals surface area contributed by atoms with E-state index in [0.717, 1.165) is 5.03 Å². The molecule has 2 aromatic heterocycles. The molecule has 0 spiro atoms. The largest absolute Gasteiger partial charge is 0.394 e. The van der Waals surface area contributed by atoms with E-state index in [2.05, 4.69) is 15.0 Å². The summed E-state index contributed by atoms with van der Waals surface area (Å²) in [5, 5.41) is 29.6. The van der Waals surface area contributed by atoms with Gasteiger partial charge in [0, 0.05) is 0 Å². The first-order chi connectivity index (χ1) is 10.2. The fraction of sp³-hybridized carbons (Fsp3) is 0.583. The molecule has 3 N–H and O–H groups in total. The summed E-state index contributed by atoms with van der Waals surface area (Å²) in [4.78, 5) is 12.6. The molecule has 9 heteroatoms. The number of aliphatic hydroxyl groups is 3. The molecule has 0 saturated carbocycles. The van der Waals surface area contributed by atoms with Crippen LogP contribution in [0.2, 0.25) is 0 Å². The number of rotatable bonds is 4. The highest BCUT2D eigenvalue weighted by atomic mass is 32.2. The molecule has 21 heavy (non-hydrogen) atoms. The van der Waals surface area contributed by atoms with Gasteiger partial charge in [-0.2, -0.15) is 0 Å². The maximum Gasteiger partial charge on any atom is 0.164 e. The van der Waals surface area contributed by atoms with Crippen LogP contribution in [0.25, 0.3) is 11.2 Å². The number of aliphatic hydroxyl groups excluding tert-OH is 3. The fourth-order valence-corrected chi connectivity index (χ4v) is 2.95. The average Bonchev–Trinajstić information content (AvgIpc) is 3.03. The first kappa shape index (κ1) is 14.7. The Labute approximate surface area is 124 Å². The van der Waals surface area contributed by atoms with Crippen molar-refractivity contribution in [3.8, 4) is 0 Å². The highest BCUT2D eigenvalue weighted by molar-refractivity contribution is 7.98. The minimum atomic E-state index is -1.09. The van der Waals surface area contributed by atoms with Gasteiger partial charge in [-0.05, 0) is 6.26 Å². The molecule has 4 atom stereocenters. The van der Waals surface area contributed by atoms with Crippen molar-refractivity contribution in [3.63, 3.8) is 0 Å². The van der Waals surface area contributed by atoms with E-state index in [9.17, 15) is 10.2 Å². The van der Waals surface area contributed by atoms with Crippen molar-refractivity contribution in [1.29, 1.82) is 0 Å². The zero-order valence-electron chi connectivity index (χ0n) is 11.3. The number of imidazole rings is 1. The number of ether oxygens (including phenoxy) is 1. The second-order valence-electron chi connectivity index (χ2n) is 4.83. The minimum absolute atomic E-state index is 0.288. The van der Waals surface area contributed by atoms with Gasteiger partial charge in [-0.15, -0.1) is 11.8 Å². The first-order valence-electron chi connectivity index (χ1n) is 6.48. The number of thioether (sulfide) groups is 1. The van der Waals surface area contributed by atoms with Gasteiger partial charge in [0.15, 0.2) is 5.65 Å². The van der Waals surface area contributed by atoms with Crippen LogP contribution in [-0.2, 0) is 11.3 Å². The molecule has 1 saturated heterocycles. The molecule has 0 aliphatic carbocycles. The van der Waals surface area contributed by atoms with Gasteiger partial charge in [0.05, 0.1) is 19.5 Å². The molecule has 0 amide bonds. The van der Waals surface area contributed by atoms with Crippen LogP contribution in [-0.4, -0.2) is 72.1 Å². The van der Waals surface area contributed by atoms with Crippen molar-refractivity contribution in [2.75, 3.05) is 12.9 Å². The molecule has 0 radical (unpaired) electrons. The summed E-state index contributed by atoms with van der Waals surface area (Å²) in [7, 11) is 0. The smallest absolute Gasteiger partial charge is 0.164 e. The SMILES string of the molecule is CSc1ncnc2c1ncn2CC1OC(CO)C(O)C1O. The Morgan fingerprint density at radius 3 is 2.67 bits per heavy atom. The van der Waals surface area contributed by atoms with Gasteiger partial charge >= 0.3 is 0 Å².